The van der Waals surface area contributed by atoms with Gasteiger partial charge in [0, 0.05) is 23.2 Å². The van der Waals surface area contributed by atoms with Gasteiger partial charge in [0.1, 0.15) is 22.3 Å². The molecular weight excluding hydrogens is 438 g/mol. The average Bonchev–Trinajstić information content (AvgIpc) is 2.74. The van der Waals surface area contributed by atoms with Crippen LogP contribution in [-0.2, 0) is 10.0 Å². The molecular formula is C23H28F2N2O4S. The van der Waals surface area contributed by atoms with Crippen LogP contribution in [0.3, 0.4) is 0 Å². The molecule has 0 aromatic heterocycles. The lowest BCUT2D eigenvalue weighted by molar-refractivity contribution is 0.0939. The highest BCUT2D eigenvalue weighted by molar-refractivity contribution is 7.89. The minimum atomic E-state index is -3.94. The molecule has 2 N–H and O–H groups in total. The van der Waals surface area contributed by atoms with Crippen molar-refractivity contribution >= 4 is 15.9 Å². The first-order valence-electron chi connectivity index (χ1n) is 10.6. The number of amides is 1. The fraction of sp³-hybridized carbons (Fsp3) is 0.435. The number of methoxy groups -OCH3 is 1. The quantitative estimate of drug-likeness (QED) is 0.637. The molecule has 3 unspecified atom stereocenters. The average molecular weight is 467 g/mol. The lowest BCUT2D eigenvalue weighted by atomic mass is 9.87. The Morgan fingerprint density at radius 1 is 1.12 bits per heavy atom. The second kappa shape index (κ2) is 9.95. The Morgan fingerprint density at radius 3 is 2.50 bits per heavy atom. The highest BCUT2D eigenvalue weighted by Crippen LogP contribution is 2.29. The SMILES string of the molecule is COc1ccc(C(=O)NC(C)c2ccc(F)cc2F)cc1S(=O)(=O)NC1CCCCC1C. The van der Waals surface area contributed by atoms with Gasteiger partial charge in [-0.05, 0) is 49.9 Å². The van der Waals surface area contributed by atoms with Gasteiger partial charge in [-0.15, -0.1) is 0 Å². The molecule has 1 aliphatic rings. The van der Waals surface area contributed by atoms with Crippen molar-refractivity contribution in [2.45, 2.75) is 56.5 Å². The van der Waals surface area contributed by atoms with E-state index in [1.54, 1.807) is 6.92 Å². The maximum absolute atomic E-state index is 14.0. The van der Waals surface area contributed by atoms with Crippen LogP contribution in [0, 0.1) is 17.6 Å². The number of halogens is 2. The van der Waals surface area contributed by atoms with Crippen LogP contribution >= 0.6 is 0 Å². The predicted octanol–water partition coefficient (Wildman–Crippen LogP) is 4.32. The van der Waals surface area contributed by atoms with Crippen LogP contribution in [0.4, 0.5) is 8.78 Å². The normalized spacial score (nSPS) is 19.9. The summed E-state index contributed by atoms with van der Waals surface area (Å²) in [5.41, 5.74) is 0.200. The van der Waals surface area contributed by atoms with E-state index in [-0.39, 0.29) is 33.7 Å². The minimum Gasteiger partial charge on any atom is -0.495 e. The van der Waals surface area contributed by atoms with E-state index < -0.39 is 33.6 Å². The maximum Gasteiger partial charge on any atom is 0.251 e. The number of carbonyl (C=O) groups is 1. The van der Waals surface area contributed by atoms with Gasteiger partial charge in [-0.1, -0.05) is 25.8 Å². The second-order valence-electron chi connectivity index (χ2n) is 8.22. The summed E-state index contributed by atoms with van der Waals surface area (Å²) in [6.07, 6.45) is 3.73. The largest absolute Gasteiger partial charge is 0.495 e. The number of nitrogens with one attached hydrogen (secondary N) is 2. The zero-order chi connectivity index (χ0) is 23.5. The molecule has 6 nitrogen and oxygen atoms in total. The summed E-state index contributed by atoms with van der Waals surface area (Å²) in [5.74, 6) is -1.75. The fourth-order valence-corrected chi connectivity index (χ4v) is 5.57. The monoisotopic (exact) mass is 466 g/mol. The van der Waals surface area contributed by atoms with E-state index in [2.05, 4.69) is 10.0 Å². The lowest BCUT2D eigenvalue weighted by Crippen LogP contribution is -2.41. The van der Waals surface area contributed by atoms with Crippen LogP contribution in [0.15, 0.2) is 41.3 Å². The summed E-state index contributed by atoms with van der Waals surface area (Å²) >= 11 is 0. The third-order valence-corrected chi connectivity index (χ3v) is 7.42. The van der Waals surface area contributed by atoms with E-state index in [9.17, 15) is 22.0 Å². The van der Waals surface area contributed by atoms with Gasteiger partial charge in [0.05, 0.1) is 13.2 Å². The highest BCUT2D eigenvalue weighted by Gasteiger charge is 2.29. The van der Waals surface area contributed by atoms with Gasteiger partial charge in [-0.2, -0.15) is 0 Å². The molecule has 2 aromatic rings. The van der Waals surface area contributed by atoms with Crippen molar-refractivity contribution in [2.75, 3.05) is 7.11 Å². The van der Waals surface area contributed by atoms with E-state index >= 15 is 0 Å². The first-order valence-corrected chi connectivity index (χ1v) is 12.1. The number of rotatable bonds is 7. The summed E-state index contributed by atoms with van der Waals surface area (Å²) in [6.45, 7) is 3.57. The molecule has 174 valence electrons. The molecule has 1 fully saturated rings. The summed E-state index contributed by atoms with van der Waals surface area (Å²) in [6, 6.07) is 6.27. The Morgan fingerprint density at radius 2 is 1.84 bits per heavy atom. The van der Waals surface area contributed by atoms with Gasteiger partial charge in [-0.25, -0.2) is 21.9 Å². The first kappa shape index (κ1) is 24.1. The summed E-state index contributed by atoms with van der Waals surface area (Å²) in [5, 5.41) is 2.62. The van der Waals surface area contributed by atoms with Crippen LogP contribution in [-0.4, -0.2) is 27.5 Å². The molecule has 32 heavy (non-hydrogen) atoms. The summed E-state index contributed by atoms with van der Waals surface area (Å²) in [4.78, 5) is 12.6. The topological polar surface area (TPSA) is 84.5 Å². The number of carbonyl (C=O) groups excluding carboxylic acids is 1. The Labute approximate surface area is 187 Å². The summed E-state index contributed by atoms with van der Waals surface area (Å²) in [7, 11) is -2.58. The second-order valence-corrected chi connectivity index (χ2v) is 9.90. The molecule has 3 rings (SSSR count). The van der Waals surface area contributed by atoms with Crippen molar-refractivity contribution in [3.63, 3.8) is 0 Å². The molecule has 1 saturated carbocycles. The Hall–Kier alpha value is -2.52. The molecule has 0 heterocycles. The number of benzene rings is 2. The van der Waals surface area contributed by atoms with E-state index in [1.807, 2.05) is 6.92 Å². The van der Waals surface area contributed by atoms with E-state index in [1.165, 1.54) is 31.4 Å². The van der Waals surface area contributed by atoms with Gasteiger partial charge >= 0.3 is 0 Å². The Kier molecular flexibility index (Phi) is 7.51. The number of hydrogen-bond donors (Lipinski definition) is 2. The molecule has 1 aliphatic carbocycles. The van der Waals surface area contributed by atoms with Crippen LogP contribution in [0.25, 0.3) is 0 Å². The molecule has 0 saturated heterocycles. The molecule has 3 atom stereocenters. The molecule has 9 heteroatoms. The molecule has 0 radical (unpaired) electrons. The highest BCUT2D eigenvalue weighted by atomic mass is 32.2. The van der Waals surface area contributed by atoms with Crippen molar-refractivity contribution in [3.8, 4) is 5.75 Å². The van der Waals surface area contributed by atoms with Crippen molar-refractivity contribution in [3.05, 3.63) is 59.2 Å². The standard InChI is InChI=1S/C23H28F2N2O4S/c1-14-6-4-5-7-20(14)27-32(29,30)22-12-16(8-11-21(22)31-3)23(28)26-15(2)18-10-9-17(24)13-19(18)25/h8-15,20,27H,4-7H2,1-3H3,(H,26,28). The van der Waals surface area contributed by atoms with E-state index in [0.29, 0.717) is 0 Å². The molecule has 0 aliphatic heterocycles. The smallest absolute Gasteiger partial charge is 0.251 e. The van der Waals surface area contributed by atoms with Crippen molar-refractivity contribution in [1.29, 1.82) is 0 Å². The van der Waals surface area contributed by atoms with Gasteiger partial charge in [0.15, 0.2) is 0 Å². The summed E-state index contributed by atoms with van der Waals surface area (Å²) < 4.78 is 61.4. The molecule has 0 bridgehead atoms. The molecule has 0 spiro atoms. The van der Waals surface area contributed by atoms with Gasteiger partial charge in [0.2, 0.25) is 10.0 Å². The van der Waals surface area contributed by atoms with Crippen molar-refractivity contribution < 1.29 is 26.7 Å². The lowest BCUT2D eigenvalue weighted by Gasteiger charge is -2.29. The van der Waals surface area contributed by atoms with Crippen LogP contribution in [0.1, 0.15) is 61.5 Å². The maximum atomic E-state index is 14.0. The third-order valence-electron chi connectivity index (χ3n) is 5.91. The van der Waals surface area contributed by atoms with Gasteiger partial charge in [0.25, 0.3) is 5.91 Å². The predicted molar refractivity (Wildman–Crippen MR) is 117 cm³/mol. The zero-order valence-corrected chi connectivity index (χ0v) is 19.1. The van der Waals surface area contributed by atoms with Gasteiger partial charge in [-0.3, -0.25) is 4.79 Å². The van der Waals surface area contributed by atoms with E-state index in [4.69, 9.17) is 4.74 Å². The minimum absolute atomic E-state index is 0.0808. The van der Waals surface area contributed by atoms with Crippen molar-refractivity contribution in [2.24, 2.45) is 5.92 Å². The zero-order valence-electron chi connectivity index (χ0n) is 18.3. The van der Waals surface area contributed by atoms with Crippen molar-refractivity contribution in [1.82, 2.24) is 10.0 Å². The van der Waals surface area contributed by atoms with Gasteiger partial charge < -0.3 is 10.1 Å². The Balaban J connectivity index is 1.84. The van der Waals surface area contributed by atoms with E-state index in [0.717, 1.165) is 37.8 Å². The fourth-order valence-electron chi connectivity index (χ4n) is 3.99. The Bertz CT molecular complexity index is 1090. The third kappa shape index (κ3) is 5.45. The molecule has 2 aromatic carbocycles. The number of sulfonamides is 1. The van der Waals surface area contributed by atoms with Crippen LogP contribution in [0.5, 0.6) is 5.75 Å². The van der Waals surface area contributed by atoms with Crippen LogP contribution in [0.2, 0.25) is 0 Å². The first-order chi connectivity index (χ1) is 15.1. The molecule has 1 amide bonds. The number of ether oxygens (including phenoxy) is 1. The number of hydrogen-bond acceptors (Lipinski definition) is 4. The van der Waals surface area contributed by atoms with Crippen LogP contribution < -0.4 is 14.8 Å².